The molecule has 10 heavy (non-hydrogen) atoms. The largest absolute Gasteiger partial charge is 0.394 e. The van der Waals surface area contributed by atoms with E-state index in [4.69, 9.17) is 14.9 Å². The zero-order valence-electron chi connectivity index (χ0n) is 5.99. The highest BCUT2D eigenvalue weighted by Gasteiger charge is 2.21. The predicted molar refractivity (Wildman–Crippen MR) is 36.7 cm³/mol. The van der Waals surface area contributed by atoms with Crippen LogP contribution in [0.4, 0.5) is 0 Å². The summed E-state index contributed by atoms with van der Waals surface area (Å²) in [4.78, 5) is 0. The average molecular weight is 146 g/mol. The van der Waals surface area contributed by atoms with Gasteiger partial charge in [0.15, 0.2) is 0 Å². The first-order valence-corrected chi connectivity index (χ1v) is 3.75. The monoisotopic (exact) mass is 146 g/mol. The average Bonchev–Trinajstić information content (AvgIpc) is 2.05. The Morgan fingerprint density at radius 2 is 2.30 bits per heavy atom. The van der Waals surface area contributed by atoms with Crippen LogP contribution in [-0.4, -0.2) is 35.6 Å². The number of ether oxygens (including phenoxy) is 1. The molecule has 3 heteroatoms. The fourth-order valence-corrected chi connectivity index (χ4v) is 1.19. The Kier molecular flexibility index (Phi) is 3.12. The minimum atomic E-state index is -0.680. The molecular formula is C7H14O3. The van der Waals surface area contributed by atoms with Gasteiger partial charge in [-0.25, -0.2) is 0 Å². The van der Waals surface area contributed by atoms with Gasteiger partial charge < -0.3 is 14.9 Å². The highest BCUT2D eigenvalue weighted by molar-refractivity contribution is 4.70. The minimum absolute atomic E-state index is 0.126. The first kappa shape index (κ1) is 7.98. The molecule has 1 unspecified atom stereocenters. The smallest absolute Gasteiger partial charge is 0.103 e. The van der Waals surface area contributed by atoms with E-state index in [1.54, 1.807) is 0 Å². The van der Waals surface area contributed by atoms with Gasteiger partial charge in [0.25, 0.3) is 0 Å². The van der Waals surface area contributed by atoms with E-state index in [-0.39, 0.29) is 12.7 Å². The van der Waals surface area contributed by atoms with Crippen molar-refractivity contribution in [3.63, 3.8) is 0 Å². The van der Waals surface area contributed by atoms with Gasteiger partial charge >= 0.3 is 0 Å². The van der Waals surface area contributed by atoms with Crippen LogP contribution in [0.25, 0.3) is 0 Å². The highest BCUT2D eigenvalue weighted by atomic mass is 16.5. The standard InChI is InChI=1S/C7H14O3/c8-5-6(9)7-3-1-2-4-10-7/h6-9H,1-5H2/t6-,7?/m1/s1. The van der Waals surface area contributed by atoms with Gasteiger partial charge in [0.2, 0.25) is 0 Å². The topological polar surface area (TPSA) is 49.7 Å². The van der Waals surface area contributed by atoms with Crippen LogP contribution in [-0.2, 0) is 4.74 Å². The molecule has 0 aromatic carbocycles. The number of rotatable bonds is 2. The summed E-state index contributed by atoms with van der Waals surface area (Å²) in [7, 11) is 0. The van der Waals surface area contributed by atoms with Crippen LogP contribution >= 0.6 is 0 Å². The van der Waals surface area contributed by atoms with E-state index in [0.717, 1.165) is 25.9 Å². The minimum Gasteiger partial charge on any atom is -0.394 e. The maximum Gasteiger partial charge on any atom is 0.103 e. The van der Waals surface area contributed by atoms with Crippen LogP contribution < -0.4 is 0 Å². The highest BCUT2D eigenvalue weighted by Crippen LogP contribution is 2.15. The molecule has 0 aliphatic carbocycles. The van der Waals surface area contributed by atoms with Crippen molar-refractivity contribution in [3.05, 3.63) is 0 Å². The zero-order chi connectivity index (χ0) is 7.40. The van der Waals surface area contributed by atoms with E-state index in [1.807, 2.05) is 0 Å². The molecule has 0 aromatic heterocycles. The van der Waals surface area contributed by atoms with Gasteiger partial charge in [0.1, 0.15) is 6.10 Å². The van der Waals surface area contributed by atoms with Gasteiger partial charge in [-0.3, -0.25) is 0 Å². The zero-order valence-corrected chi connectivity index (χ0v) is 5.99. The summed E-state index contributed by atoms with van der Waals surface area (Å²) in [5, 5.41) is 17.7. The van der Waals surface area contributed by atoms with Crippen molar-refractivity contribution >= 4 is 0 Å². The summed E-state index contributed by atoms with van der Waals surface area (Å²) in [5.41, 5.74) is 0. The van der Waals surface area contributed by atoms with Gasteiger partial charge in [0.05, 0.1) is 12.7 Å². The lowest BCUT2D eigenvalue weighted by atomic mass is 10.1. The normalized spacial score (nSPS) is 30.0. The van der Waals surface area contributed by atoms with Crippen LogP contribution in [0.1, 0.15) is 19.3 Å². The number of aliphatic hydroxyl groups excluding tert-OH is 2. The summed E-state index contributed by atoms with van der Waals surface area (Å²) in [6, 6.07) is 0. The van der Waals surface area contributed by atoms with Crippen molar-refractivity contribution in [2.45, 2.75) is 31.5 Å². The third kappa shape index (κ3) is 1.94. The van der Waals surface area contributed by atoms with Crippen LogP contribution in [0, 0.1) is 0 Å². The van der Waals surface area contributed by atoms with Gasteiger partial charge in [0, 0.05) is 6.61 Å². The quantitative estimate of drug-likeness (QED) is 0.572. The Bertz CT molecular complexity index is 88.9. The molecule has 1 fully saturated rings. The molecule has 0 saturated carbocycles. The molecule has 2 N–H and O–H groups in total. The van der Waals surface area contributed by atoms with Gasteiger partial charge in [-0.1, -0.05) is 0 Å². The van der Waals surface area contributed by atoms with E-state index in [0.29, 0.717) is 0 Å². The van der Waals surface area contributed by atoms with E-state index >= 15 is 0 Å². The molecule has 0 aromatic rings. The molecule has 0 bridgehead atoms. The predicted octanol–water partition coefficient (Wildman–Crippen LogP) is -0.0913. The van der Waals surface area contributed by atoms with E-state index in [2.05, 4.69) is 0 Å². The maximum absolute atomic E-state index is 9.11. The van der Waals surface area contributed by atoms with Crippen molar-refractivity contribution < 1.29 is 14.9 Å². The molecule has 60 valence electrons. The van der Waals surface area contributed by atoms with Crippen LogP contribution in [0.15, 0.2) is 0 Å². The molecule has 1 rings (SSSR count). The van der Waals surface area contributed by atoms with Gasteiger partial charge in [-0.2, -0.15) is 0 Å². The Morgan fingerprint density at radius 3 is 2.80 bits per heavy atom. The van der Waals surface area contributed by atoms with Crippen molar-refractivity contribution in [2.24, 2.45) is 0 Å². The molecule has 1 aliphatic rings. The number of hydrogen-bond acceptors (Lipinski definition) is 3. The molecule has 1 heterocycles. The third-order valence-electron chi connectivity index (χ3n) is 1.83. The van der Waals surface area contributed by atoms with Crippen molar-refractivity contribution in [2.75, 3.05) is 13.2 Å². The van der Waals surface area contributed by atoms with E-state index in [9.17, 15) is 0 Å². The summed E-state index contributed by atoms with van der Waals surface area (Å²) in [6.45, 7) is 0.534. The second-order valence-corrected chi connectivity index (χ2v) is 2.65. The summed E-state index contributed by atoms with van der Waals surface area (Å²) >= 11 is 0. The molecule has 0 amide bonds. The molecule has 0 radical (unpaired) electrons. The lowest BCUT2D eigenvalue weighted by Crippen LogP contribution is -2.34. The lowest BCUT2D eigenvalue weighted by Gasteiger charge is -2.25. The van der Waals surface area contributed by atoms with Crippen LogP contribution in [0.2, 0.25) is 0 Å². The fraction of sp³-hybridized carbons (Fsp3) is 1.00. The van der Waals surface area contributed by atoms with E-state index in [1.165, 1.54) is 0 Å². The van der Waals surface area contributed by atoms with Gasteiger partial charge in [-0.05, 0) is 19.3 Å². The fourth-order valence-electron chi connectivity index (χ4n) is 1.19. The summed E-state index contributed by atoms with van der Waals surface area (Å²) < 4.78 is 5.22. The van der Waals surface area contributed by atoms with E-state index < -0.39 is 6.10 Å². The Hall–Kier alpha value is -0.120. The second-order valence-electron chi connectivity index (χ2n) is 2.65. The molecule has 1 saturated heterocycles. The number of hydrogen-bond donors (Lipinski definition) is 2. The Labute approximate surface area is 60.6 Å². The summed E-state index contributed by atoms with van der Waals surface area (Å²) in [6.07, 6.45) is 2.25. The first-order chi connectivity index (χ1) is 4.84. The van der Waals surface area contributed by atoms with Crippen molar-refractivity contribution in [1.82, 2.24) is 0 Å². The molecule has 3 nitrogen and oxygen atoms in total. The first-order valence-electron chi connectivity index (χ1n) is 3.75. The molecule has 2 atom stereocenters. The molecule has 0 spiro atoms. The van der Waals surface area contributed by atoms with Gasteiger partial charge in [-0.15, -0.1) is 0 Å². The third-order valence-corrected chi connectivity index (χ3v) is 1.83. The van der Waals surface area contributed by atoms with Crippen LogP contribution in [0.5, 0.6) is 0 Å². The van der Waals surface area contributed by atoms with Crippen LogP contribution in [0.3, 0.4) is 0 Å². The Balaban J connectivity index is 2.24. The summed E-state index contributed by atoms with van der Waals surface area (Å²) in [5.74, 6) is 0. The maximum atomic E-state index is 9.11. The second kappa shape index (κ2) is 3.91. The lowest BCUT2D eigenvalue weighted by molar-refractivity contribution is -0.0783. The Morgan fingerprint density at radius 1 is 1.50 bits per heavy atom. The molecular weight excluding hydrogens is 132 g/mol. The molecule has 1 aliphatic heterocycles. The SMILES string of the molecule is OC[C@@H](O)C1CCCCO1. The van der Waals surface area contributed by atoms with Crippen molar-refractivity contribution in [3.8, 4) is 0 Å². The number of aliphatic hydroxyl groups is 2. The van der Waals surface area contributed by atoms with Crippen molar-refractivity contribution in [1.29, 1.82) is 0 Å².